The van der Waals surface area contributed by atoms with Crippen molar-refractivity contribution in [3.63, 3.8) is 0 Å². The van der Waals surface area contributed by atoms with E-state index in [0.29, 0.717) is 28.8 Å². The molecule has 4 aromatic rings. The summed E-state index contributed by atoms with van der Waals surface area (Å²) in [6.07, 6.45) is 5.04. The summed E-state index contributed by atoms with van der Waals surface area (Å²) in [4.78, 5) is 17.7. The van der Waals surface area contributed by atoms with Crippen LogP contribution < -0.4 is 19.5 Å². The molecular weight excluding hydrogens is 418 g/mol. The standard InChI is InChI=1S/C26H25N3O4/c1-17-9-8-14-29-25(17)28-23(19-10-6-5-7-11-19)26(29)27-22(30)13-12-18-15-20(31-2)24(33-4)21(16-18)32-3/h5-16H,1-4H3,(H,27,30)/b13-12+. The number of aromatic nitrogens is 2. The quantitative estimate of drug-likeness (QED) is 0.408. The molecular formula is C26H25N3O4. The maximum atomic E-state index is 12.9. The van der Waals surface area contributed by atoms with E-state index in [0.717, 1.165) is 22.3 Å². The zero-order valence-corrected chi connectivity index (χ0v) is 19.0. The van der Waals surface area contributed by atoms with Gasteiger partial charge >= 0.3 is 0 Å². The number of pyridine rings is 1. The minimum Gasteiger partial charge on any atom is -0.493 e. The van der Waals surface area contributed by atoms with Crippen molar-refractivity contribution >= 4 is 23.4 Å². The van der Waals surface area contributed by atoms with E-state index in [9.17, 15) is 4.79 Å². The summed E-state index contributed by atoms with van der Waals surface area (Å²) in [6, 6.07) is 17.3. The monoisotopic (exact) mass is 443 g/mol. The predicted molar refractivity (Wildman–Crippen MR) is 129 cm³/mol. The summed E-state index contributed by atoms with van der Waals surface area (Å²) < 4.78 is 18.0. The zero-order valence-electron chi connectivity index (χ0n) is 19.0. The first-order valence-corrected chi connectivity index (χ1v) is 10.4. The van der Waals surface area contributed by atoms with Gasteiger partial charge in [0, 0.05) is 17.8 Å². The molecule has 7 nitrogen and oxygen atoms in total. The number of imidazole rings is 1. The summed E-state index contributed by atoms with van der Waals surface area (Å²) >= 11 is 0. The molecule has 0 aliphatic carbocycles. The molecule has 0 radical (unpaired) electrons. The SMILES string of the molecule is COc1cc(/C=C/C(=O)Nc2c(-c3ccccc3)nc3c(C)cccn23)cc(OC)c1OC. The maximum Gasteiger partial charge on any atom is 0.249 e. The van der Waals surface area contributed by atoms with Crippen LogP contribution in [-0.4, -0.2) is 36.6 Å². The molecule has 0 atom stereocenters. The second-order valence-corrected chi connectivity index (χ2v) is 7.34. The Morgan fingerprint density at radius 1 is 0.970 bits per heavy atom. The van der Waals surface area contributed by atoms with Gasteiger partial charge in [-0.25, -0.2) is 4.98 Å². The lowest BCUT2D eigenvalue weighted by Crippen LogP contribution is -2.10. The van der Waals surface area contributed by atoms with E-state index in [1.807, 2.05) is 60.0 Å². The van der Waals surface area contributed by atoms with E-state index in [-0.39, 0.29) is 5.91 Å². The third-order valence-corrected chi connectivity index (χ3v) is 5.25. The van der Waals surface area contributed by atoms with E-state index < -0.39 is 0 Å². The highest BCUT2D eigenvalue weighted by Gasteiger charge is 2.17. The van der Waals surface area contributed by atoms with Crippen LogP contribution in [0.3, 0.4) is 0 Å². The molecule has 0 bridgehead atoms. The Bertz CT molecular complexity index is 1300. The summed E-state index contributed by atoms with van der Waals surface area (Å²) in [6.45, 7) is 1.99. The molecule has 2 aromatic heterocycles. The summed E-state index contributed by atoms with van der Waals surface area (Å²) in [7, 11) is 4.65. The number of nitrogens with zero attached hydrogens (tertiary/aromatic N) is 2. The number of methoxy groups -OCH3 is 3. The highest BCUT2D eigenvalue weighted by Crippen LogP contribution is 2.38. The van der Waals surface area contributed by atoms with Gasteiger partial charge in [0.25, 0.3) is 0 Å². The molecule has 0 saturated carbocycles. The first kappa shape index (κ1) is 22.0. The second kappa shape index (κ2) is 9.48. The Morgan fingerprint density at radius 3 is 2.30 bits per heavy atom. The molecule has 33 heavy (non-hydrogen) atoms. The molecule has 0 fully saturated rings. The Morgan fingerprint density at radius 2 is 1.67 bits per heavy atom. The average Bonchev–Trinajstić information content (AvgIpc) is 3.22. The van der Waals surface area contributed by atoms with Crippen LogP contribution in [-0.2, 0) is 4.79 Å². The van der Waals surface area contributed by atoms with Gasteiger partial charge in [-0.15, -0.1) is 0 Å². The van der Waals surface area contributed by atoms with Crippen molar-refractivity contribution in [3.05, 3.63) is 78.0 Å². The number of amides is 1. The fraction of sp³-hybridized carbons (Fsp3) is 0.154. The van der Waals surface area contributed by atoms with Gasteiger partial charge in [0.2, 0.25) is 11.7 Å². The number of hydrogen-bond donors (Lipinski definition) is 1. The summed E-state index contributed by atoms with van der Waals surface area (Å²) in [5, 5.41) is 3.00. The molecule has 168 valence electrons. The topological polar surface area (TPSA) is 74.1 Å². The van der Waals surface area contributed by atoms with E-state index in [4.69, 9.17) is 19.2 Å². The van der Waals surface area contributed by atoms with Gasteiger partial charge in [0.15, 0.2) is 11.5 Å². The number of fused-ring (bicyclic) bond motifs is 1. The smallest absolute Gasteiger partial charge is 0.249 e. The van der Waals surface area contributed by atoms with Gasteiger partial charge in [-0.05, 0) is 42.3 Å². The number of nitrogens with one attached hydrogen (secondary N) is 1. The molecule has 0 aliphatic rings. The van der Waals surface area contributed by atoms with Crippen molar-refractivity contribution in [2.45, 2.75) is 6.92 Å². The largest absolute Gasteiger partial charge is 0.493 e. The van der Waals surface area contributed by atoms with Crippen LogP contribution in [0.1, 0.15) is 11.1 Å². The molecule has 0 unspecified atom stereocenters. The fourth-order valence-corrected chi connectivity index (χ4v) is 3.65. The summed E-state index contributed by atoms with van der Waals surface area (Å²) in [5.41, 5.74) is 4.17. The van der Waals surface area contributed by atoms with Gasteiger partial charge in [-0.2, -0.15) is 0 Å². The summed E-state index contributed by atoms with van der Waals surface area (Å²) in [5.74, 6) is 1.85. The molecule has 2 heterocycles. The fourth-order valence-electron chi connectivity index (χ4n) is 3.65. The number of ether oxygens (including phenoxy) is 3. The number of anilines is 1. The van der Waals surface area contributed by atoms with Crippen LogP contribution in [0, 0.1) is 6.92 Å². The van der Waals surface area contributed by atoms with Crippen LogP contribution in [0.5, 0.6) is 17.2 Å². The van der Waals surface area contributed by atoms with E-state index in [1.54, 1.807) is 39.5 Å². The highest BCUT2D eigenvalue weighted by atomic mass is 16.5. The van der Waals surface area contributed by atoms with Crippen molar-refractivity contribution in [2.75, 3.05) is 26.6 Å². The van der Waals surface area contributed by atoms with Gasteiger partial charge in [0.05, 0.1) is 21.3 Å². The van der Waals surface area contributed by atoms with Gasteiger partial charge in [-0.1, -0.05) is 36.4 Å². The Balaban J connectivity index is 1.68. The molecule has 1 N–H and O–H groups in total. The maximum absolute atomic E-state index is 12.9. The molecule has 2 aromatic carbocycles. The third-order valence-electron chi connectivity index (χ3n) is 5.25. The lowest BCUT2D eigenvalue weighted by atomic mass is 10.1. The number of carbonyl (C=O) groups is 1. The number of benzene rings is 2. The molecule has 0 saturated heterocycles. The van der Waals surface area contributed by atoms with Crippen LogP contribution in [0.4, 0.5) is 5.82 Å². The minimum absolute atomic E-state index is 0.288. The number of hydrogen-bond acceptors (Lipinski definition) is 5. The van der Waals surface area contributed by atoms with Gasteiger partial charge < -0.3 is 19.5 Å². The van der Waals surface area contributed by atoms with Crippen molar-refractivity contribution in [3.8, 4) is 28.5 Å². The lowest BCUT2D eigenvalue weighted by molar-refractivity contribution is -0.111. The van der Waals surface area contributed by atoms with Crippen molar-refractivity contribution in [1.82, 2.24) is 9.38 Å². The van der Waals surface area contributed by atoms with Crippen molar-refractivity contribution in [2.24, 2.45) is 0 Å². The first-order chi connectivity index (χ1) is 16.0. The van der Waals surface area contributed by atoms with E-state index in [2.05, 4.69) is 5.32 Å². The van der Waals surface area contributed by atoms with Crippen LogP contribution >= 0.6 is 0 Å². The minimum atomic E-state index is -0.288. The van der Waals surface area contributed by atoms with Crippen molar-refractivity contribution in [1.29, 1.82) is 0 Å². The normalized spacial score (nSPS) is 11.0. The predicted octanol–water partition coefficient (Wildman–Crippen LogP) is 4.99. The van der Waals surface area contributed by atoms with Gasteiger partial charge in [0.1, 0.15) is 17.2 Å². The lowest BCUT2D eigenvalue weighted by Gasteiger charge is -2.12. The second-order valence-electron chi connectivity index (χ2n) is 7.34. The molecule has 0 spiro atoms. The van der Waals surface area contributed by atoms with Crippen LogP contribution in [0.2, 0.25) is 0 Å². The molecule has 1 amide bonds. The number of rotatable bonds is 7. The zero-order chi connectivity index (χ0) is 23.4. The van der Waals surface area contributed by atoms with Crippen LogP contribution in [0.25, 0.3) is 23.0 Å². The number of carbonyl (C=O) groups excluding carboxylic acids is 1. The highest BCUT2D eigenvalue weighted by molar-refractivity contribution is 6.03. The molecule has 7 heteroatoms. The third kappa shape index (κ3) is 4.39. The number of aryl methyl sites for hydroxylation is 1. The molecule has 4 rings (SSSR count). The Labute approximate surface area is 192 Å². The van der Waals surface area contributed by atoms with Crippen molar-refractivity contribution < 1.29 is 19.0 Å². The average molecular weight is 444 g/mol. The van der Waals surface area contributed by atoms with E-state index >= 15 is 0 Å². The van der Waals surface area contributed by atoms with Gasteiger partial charge in [-0.3, -0.25) is 9.20 Å². The Kier molecular flexibility index (Phi) is 6.31. The Hall–Kier alpha value is -4.26. The van der Waals surface area contributed by atoms with Crippen LogP contribution in [0.15, 0.2) is 66.9 Å². The first-order valence-electron chi connectivity index (χ1n) is 10.4. The molecule has 0 aliphatic heterocycles. The van der Waals surface area contributed by atoms with E-state index in [1.165, 1.54) is 6.08 Å².